The Morgan fingerprint density at radius 1 is 1.12 bits per heavy atom. The van der Waals surface area contributed by atoms with Crippen LogP contribution >= 0.6 is 0 Å². The Bertz CT molecular complexity index is 1140. The number of hydrogen-bond donors (Lipinski definition) is 1. The number of nitrogens with one attached hydrogen (secondary N) is 1. The van der Waals surface area contributed by atoms with Crippen molar-refractivity contribution < 1.29 is 22.4 Å². The number of sulfonamides is 1. The first kappa shape index (κ1) is 22.1. The van der Waals surface area contributed by atoms with Crippen LogP contribution < -0.4 is 9.46 Å². The molecule has 1 N–H and O–H groups in total. The fourth-order valence-electron chi connectivity index (χ4n) is 3.91. The van der Waals surface area contributed by atoms with Crippen LogP contribution in [0.4, 0.5) is 0 Å². The topological polar surface area (TPSA) is 88.8 Å². The Balaban J connectivity index is 1.45. The van der Waals surface area contributed by atoms with Gasteiger partial charge in [-0.1, -0.05) is 12.1 Å². The summed E-state index contributed by atoms with van der Waals surface area (Å²) in [5.74, 6) is 1.23. The molecule has 168 valence electrons. The lowest BCUT2D eigenvalue weighted by molar-refractivity contribution is 0.0735. The van der Waals surface area contributed by atoms with E-state index in [1.165, 1.54) is 18.4 Å². The van der Waals surface area contributed by atoms with E-state index in [9.17, 15) is 13.2 Å². The summed E-state index contributed by atoms with van der Waals surface area (Å²) in [7, 11) is -3.71. The summed E-state index contributed by atoms with van der Waals surface area (Å²) in [6.45, 7) is 3.28. The maximum absolute atomic E-state index is 13.2. The minimum atomic E-state index is -3.71. The molecule has 1 aromatic heterocycles. The number of hydrogen-bond acceptors (Lipinski definition) is 5. The van der Waals surface area contributed by atoms with Crippen molar-refractivity contribution in [1.29, 1.82) is 0 Å². The molecule has 3 aromatic rings. The molecule has 0 bridgehead atoms. The number of carbonyl (C=O) groups excluding carboxylic acids is 1. The molecule has 2 aromatic carbocycles. The highest BCUT2D eigenvalue weighted by Gasteiger charge is 2.30. The van der Waals surface area contributed by atoms with Gasteiger partial charge in [0, 0.05) is 12.1 Å². The van der Waals surface area contributed by atoms with Crippen molar-refractivity contribution in [2.75, 3.05) is 13.2 Å². The number of rotatable bonds is 8. The summed E-state index contributed by atoms with van der Waals surface area (Å²) in [4.78, 5) is 15.1. The first-order valence-electron chi connectivity index (χ1n) is 10.6. The summed E-state index contributed by atoms with van der Waals surface area (Å²) < 4.78 is 38.2. The van der Waals surface area contributed by atoms with Crippen molar-refractivity contribution in [3.63, 3.8) is 0 Å². The predicted molar refractivity (Wildman–Crippen MR) is 120 cm³/mol. The van der Waals surface area contributed by atoms with Crippen LogP contribution in [0.1, 0.15) is 47.5 Å². The van der Waals surface area contributed by atoms with Gasteiger partial charge in [0.2, 0.25) is 10.0 Å². The second-order valence-corrected chi connectivity index (χ2v) is 9.35. The average molecular weight is 455 g/mol. The number of amides is 1. The van der Waals surface area contributed by atoms with E-state index in [1.54, 1.807) is 24.3 Å². The highest BCUT2D eigenvalue weighted by Crippen LogP contribution is 2.34. The molecule has 1 saturated heterocycles. The lowest BCUT2D eigenvalue weighted by Gasteiger charge is -2.25. The summed E-state index contributed by atoms with van der Waals surface area (Å²) in [6.07, 6.45) is 3.30. The van der Waals surface area contributed by atoms with Gasteiger partial charge in [0.15, 0.2) is 0 Å². The summed E-state index contributed by atoms with van der Waals surface area (Å²) >= 11 is 0. The SMILES string of the molecule is CCOc1ccc(C2CCCN2C(=O)c2ccc(S(=O)(=O)NCc3ccco3)cc2)cc1. The zero-order valence-electron chi connectivity index (χ0n) is 17.9. The van der Waals surface area contributed by atoms with Gasteiger partial charge in [0.25, 0.3) is 5.91 Å². The molecule has 7 nitrogen and oxygen atoms in total. The number of likely N-dealkylation sites (tertiary alicyclic amines) is 1. The Labute approximate surface area is 188 Å². The van der Waals surface area contributed by atoms with E-state index in [0.717, 1.165) is 24.2 Å². The van der Waals surface area contributed by atoms with Crippen LogP contribution in [0.5, 0.6) is 5.75 Å². The summed E-state index contributed by atoms with van der Waals surface area (Å²) in [5.41, 5.74) is 1.54. The molecule has 1 fully saturated rings. The monoisotopic (exact) mass is 454 g/mol. The molecule has 4 rings (SSSR count). The Morgan fingerprint density at radius 3 is 2.53 bits per heavy atom. The molecule has 0 saturated carbocycles. The second-order valence-electron chi connectivity index (χ2n) is 7.59. The van der Waals surface area contributed by atoms with Crippen molar-refractivity contribution in [2.24, 2.45) is 0 Å². The van der Waals surface area contributed by atoms with E-state index in [-0.39, 0.29) is 23.4 Å². The van der Waals surface area contributed by atoms with Crippen LogP contribution in [-0.4, -0.2) is 32.4 Å². The minimum absolute atomic E-state index is 0.00320. The molecule has 0 aliphatic carbocycles. The molecule has 2 heterocycles. The highest BCUT2D eigenvalue weighted by atomic mass is 32.2. The first-order valence-corrected chi connectivity index (χ1v) is 12.1. The highest BCUT2D eigenvalue weighted by molar-refractivity contribution is 7.89. The van der Waals surface area contributed by atoms with E-state index in [4.69, 9.17) is 9.15 Å². The molecule has 32 heavy (non-hydrogen) atoms. The van der Waals surface area contributed by atoms with Gasteiger partial charge in [-0.3, -0.25) is 4.79 Å². The quantitative estimate of drug-likeness (QED) is 0.553. The molecule has 8 heteroatoms. The van der Waals surface area contributed by atoms with Crippen molar-refractivity contribution in [3.05, 3.63) is 83.8 Å². The average Bonchev–Trinajstić information content (AvgIpc) is 3.50. The molecule has 1 unspecified atom stereocenters. The number of furan rings is 1. The number of carbonyl (C=O) groups is 1. The van der Waals surface area contributed by atoms with Gasteiger partial charge in [-0.05, 0) is 73.9 Å². The van der Waals surface area contributed by atoms with Crippen molar-refractivity contribution in [2.45, 2.75) is 37.2 Å². The normalized spacial score (nSPS) is 16.3. The maximum Gasteiger partial charge on any atom is 0.254 e. The molecule has 1 amide bonds. The van der Waals surface area contributed by atoms with Gasteiger partial charge in [0.1, 0.15) is 11.5 Å². The summed E-state index contributed by atoms with van der Waals surface area (Å²) in [6, 6.07) is 17.3. The Morgan fingerprint density at radius 2 is 1.88 bits per heavy atom. The number of benzene rings is 2. The lowest BCUT2D eigenvalue weighted by Crippen LogP contribution is -2.30. The third-order valence-corrected chi connectivity index (χ3v) is 6.93. The van der Waals surface area contributed by atoms with Crippen LogP contribution in [0.15, 0.2) is 76.2 Å². The van der Waals surface area contributed by atoms with Crippen LogP contribution in [0, 0.1) is 0 Å². The van der Waals surface area contributed by atoms with Crippen LogP contribution in [0.25, 0.3) is 0 Å². The zero-order chi connectivity index (χ0) is 22.6. The van der Waals surface area contributed by atoms with E-state index in [0.29, 0.717) is 24.5 Å². The zero-order valence-corrected chi connectivity index (χ0v) is 18.7. The van der Waals surface area contributed by atoms with Gasteiger partial charge in [-0.2, -0.15) is 0 Å². The molecule has 1 atom stereocenters. The predicted octanol–water partition coefficient (Wildman–Crippen LogP) is 4.13. The van der Waals surface area contributed by atoms with Crippen LogP contribution in [0.2, 0.25) is 0 Å². The van der Waals surface area contributed by atoms with Crippen molar-refractivity contribution >= 4 is 15.9 Å². The molecule has 0 spiro atoms. The van der Waals surface area contributed by atoms with Gasteiger partial charge in [-0.25, -0.2) is 13.1 Å². The van der Waals surface area contributed by atoms with E-state index in [2.05, 4.69) is 4.72 Å². The van der Waals surface area contributed by atoms with Gasteiger partial charge >= 0.3 is 0 Å². The van der Waals surface area contributed by atoms with Crippen LogP contribution in [0.3, 0.4) is 0 Å². The second kappa shape index (κ2) is 9.58. The third kappa shape index (κ3) is 4.87. The largest absolute Gasteiger partial charge is 0.494 e. The van der Waals surface area contributed by atoms with E-state index < -0.39 is 10.0 Å². The van der Waals surface area contributed by atoms with E-state index in [1.807, 2.05) is 36.1 Å². The van der Waals surface area contributed by atoms with Gasteiger partial charge < -0.3 is 14.1 Å². The van der Waals surface area contributed by atoms with E-state index >= 15 is 0 Å². The Kier molecular flexibility index (Phi) is 6.62. The molecular formula is C24H26N2O5S. The number of nitrogens with zero attached hydrogens (tertiary/aromatic N) is 1. The molecule has 0 radical (unpaired) electrons. The van der Waals surface area contributed by atoms with Crippen molar-refractivity contribution in [3.8, 4) is 5.75 Å². The minimum Gasteiger partial charge on any atom is -0.494 e. The van der Waals surface area contributed by atoms with Gasteiger partial charge in [-0.15, -0.1) is 0 Å². The van der Waals surface area contributed by atoms with Crippen molar-refractivity contribution in [1.82, 2.24) is 9.62 Å². The molecule has 1 aliphatic heterocycles. The molecular weight excluding hydrogens is 428 g/mol. The first-order chi connectivity index (χ1) is 15.5. The standard InChI is InChI=1S/C24H26N2O5S/c1-2-30-20-11-7-18(8-12-20)23-6-3-15-26(23)24(27)19-9-13-22(14-10-19)32(28,29)25-17-21-5-4-16-31-21/h4-5,7-14,16,23,25H,2-3,6,15,17H2,1H3. The number of ether oxygens (including phenoxy) is 1. The lowest BCUT2D eigenvalue weighted by atomic mass is 10.0. The van der Waals surface area contributed by atoms with Gasteiger partial charge in [0.05, 0.1) is 30.4 Å². The smallest absolute Gasteiger partial charge is 0.254 e. The molecule has 1 aliphatic rings. The fraction of sp³-hybridized carbons (Fsp3) is 0.292. The Hall–Kier alpha value is -3.10. The van der Waals surface area contributed by atoms with Crippen LogP contribution in [-0.2, 0) is 16.6 Å². The summed E-state index contributed by atoms with van der Waals surface area (Å²) in [5, 5.41) is 0. The third-order valence-electron chi connectivity index (χ3n) is 5.52. The maximum atomic E-state index is 13.2. The fourth-order valence-corrected chi connectivity index (χ4v) is 4.91.